The zero-order chi connectivity index (χ0) is 22.4. The van der Waals surface area contributed by atoms with Crippen LogP contribution in [0.2, 0.25) is 0 Å². The number of nitrogens with one attached hydrogen (secondary N) is 1. The molecular weight excluding hydrogens is 404 g/mol. The van der Waals surface area contributed by atoms with Gasteiger partial charge in [0.2, 0.25) is 0 Å². The van der Waals surface area contributed by atoms with Gasteiger partial charge in [0.25, 0.3) is 11.8 Å². The lowest BCUT2D eigenvalue weighted by Crippen LogP contribution is -2.42. The number of aryl methyl sites for hydroxylation is 1. The summed E-state index contributed by atoms with van der Waals surface area (Å²) in [6, 6.07) is 11.8. The van der Waals surface area contributed by atoms with Gasteiger partial charge in [0.05, 0.1) is 23.6 Å². The second-order valence-electron chi connectivity index (χ2n) is 9.03. The normalized spacial score (nSPS) is 19.7. The minimum absolute atomic E-state index is 0.0110. The van der Waals surface area contributed by atoms with Gasteiger partial charge in [-0.05, 0) is 39.7 Å². The monoisotopic (exact) mass is 432 g/mol. The molecule has 0 aliphatic carbocycles. The summed E-state index contributed by atoms with van der Waals surface area (Å²) in [5.74, 6) is 1.28. The van der Waals surface area contributed by atoms with E-state index in [0.717, 1.165) is 29.9 Å². The molecule has 1 saturated heterocycles. The Hall–Kier alpha value is -3.35. The summed E-state index contributed by atoms with van der Waals surface area (Å²) in [5.41, 5.74) is 2.97. The molecule has 1 aromatic carbocycles. The van der Waals surface area contributed by atoms with Crippen molar-refractivity contribution in [3.05, 3.63) is 65.4 Å². The molecule has 3 aromatic rings. The lowest BCUT2D eigenvalue weighted by molar-refractivity contribution is 0.0664. The summed E-state index contributed by atoms with van der Waals surface area (Å²) in [4.78, 5) is 33.3. The SMILES string of the molecule is Cc1occc1C(=O)N1[C@@H]2CC[C@H]1Cc1c(C(=O)NC(C)C)nc(-c3ccccc3)n1C2. The standard InChI is InChI=1S/C25H28N4O3/c1-15(2)26-24(30)22-21-13-18-9-10-19(29(18)25(31)20-11-12-32-16(20)3)14-28(21)23(27-22)17-7-5-4-6-8-17/h4-8,11-12,15,18-19H,9-10,13-14H2,1-3H3,(H,26,30)/t18-,19+/m0/s1. The van der Waals surface area contributed by atoms with E-state index in [1.165, 1.54) is 0 Å². The predicted molar refractivity (Wildman–Crippen MR) is 120 cm³/mol. The lowest BCUT2D eigenvalue weighted by Gasteiger charge is -2.28. The second-order valence-corrected chi connectivity index (χ2v) is 9.03. The number of hydrogen-bond donors (Lipinski definition) is 1. The summed E-state index contributed by atoms with van der Waals surface area (Å²) in [5, 5.41) is 2.99. The van der Waals surface area contributed by atoms with Gasteiger partial charge < -0.3 is 19.2 Å². The van der Waals surface area contributed by atoms with Crippen LogP contribution >= 0.6 is 0 Å². The van der Waals surface area contributed by atoms with Crippen molar-refractivity contribution in [2.24, 2.45) is 0 Å². The Morgan fingerprint density at radius 3 is 2.56 bits per heavy atom. The van der Waals surface area contributed by atoms with E-state index >= 15 is 0 Å². The van der Waals surface area contributed by atoms with Crippen LogP contribution in [-0.2, 0) is 13.0 Å². The maximum atomic E-state index is 13.4. The Labute approximate surface area is 187 Å². The quantitative estimate of drug-likeness (QED) is 0.680. The molecule has 2 aliphatic rings. The topological polar surface area (TPSA) is 80.4 Å². The molecule has 5 rings (SSSR count). The van der Waals surface area contributed by atoms with Gasteiger partial charge >= 0.3 is 0 Å². The number of carbonyl (C=O) groups is 2. The number of benzene rings is 1. The van der Waals surface area contributed by atoms with Crippen LogP contribution in [-0.4, -0.2) is 44.4 Å². The molecule has 32 heavy (non-hydrogen) atoms. The van der Waals surface area contributed by atoms with E-state index in [2.05, 4.69) is 9.88 Å². The molecule has 2 bridgehead atoms. The Bertz CT molecular complexity index is 1160. The Balaban J connectivity index is 1.58. The van der Waals surface area contributed by atoms with Gasteiger partial charge in [0.1, 0.15) is 17.3 Å². The maximum absolute atomic E-state index is 13.4. The van der Waals surface area contributed by atoms with Crippen LogP contribution in [0.1, 0.15) is 59.0 Å². The van der Waals surface area contributed by atoms with Crippen molar-refractivity contribution in [3.63, 3.8) is 0 Å². The predicted octanol–water partition coefficient (Wildman–Crippen LogP) is 3.82. The van der Waals surface area contributed by atoms with Crippen molar-refractivity contribution in [3.8, 4) is 11.4 Å². The van der Waals surface area contributed by atoms with Crippen molar-refractivity contribution in [2.75, 3.05) is 0 Å². The molecule has 0 spiro atoms. The summed E-state index contributed by atoms with van der Waals surface area (Å²) in [6.07, 6.45) is 4.04. The Morgan fingerprint density at radius 2 is 1.88 bits per heavy atom. The number of rotatable bonds is 4. The number of hydrogen-bond acceptors (Lipinski definition) is 4. The molecule has 7 nitrogen and oxygen atoms in total. The van der Waals surface area contributed by atoms with Crippen molar-refractivity contribution in [2.45, 2.75) is 64.7 Å². The number of aromatic nitrogens is 2. The van der Waals surface area contributed by atoms with Crippen LogP contribution in [0.4, 0.5) is 0 Å². The molecule has 0 radical (unpaired) electrons. The average molecular weight is 433 g/mol. The second kappa shape index (κ2) is 7.97. The molecule has 1 fully saturated rings. The van der Waals surface area contributed by atoms with Gasteiger partial charge in [-0.25, -0.2) is 4.98 Å². The Kier molecular flexibility index (Phi) is 5.12. The van der Waals surface area contributed by atoms with Crippen LogP contribution in [0.15, 0.2) is 47.1 Å². The fourth-order valence-corrected chi connectivity index (χ4v) is 5.06. The maximum Gasteiger partial charge on any atom is 0.271 e. The molecule has 2 atom stereocenters. The van der Waals surface area contributed by atoms with Crippen LogP contribution in [0.5, 0.6) is 0 Å². The number of nitrogens with zero attached hydrogens (tertiary/aromatic N) is 3. The van der Waals surface area contributed by atoms with E-state index in [1.54, 1.807) is 12.3 Å². The third kappa shape index (κ3) is 3.42. The van der Waals surface area contributed by atoms with Crippen LogP contribution in [0.25, 0.3) is 11.4 Å². The van der Waals surface area contributed by atoms with Gasteiger partial charge in [-0.2, -0.15) is 0 Å². The van der Waals surface area contributed by atoms with Gasteiger partial charge in [0, 0.05) is 30.6 Å². The fourth-order valence-electron chi connectivity index (χ4n) is 5.06. The molecule has 1 N–H and O–H groups in total. The number of carbonyl (C=O) groups excluding carboxylic acids is 2. The molecule has 7 heteroatoms. The van der Waals surface area contributed by atoms with Crippen molar-refractivity contribution in [1.29, 1.82) is 0 Å². The van der Waals surface area contributed by atoms with Crippen molar-refractivity contribution >= 4 is 11.8 Å². The zero-order valence-corrected chi connectivity index (χ0v) is 18.7. The third-order valence-electron chi connectivity index (χ3n) is 6.51. The molecule has 0 unspecified atom stereocenters. The zero-order valence-electron chi connectivity index (χ0n) is 18.7. The third-order valence-corrected chi connectivity index (χ3v) is 6.51. The number of fused-ring (bicyclic) bond motifs is 3. The summed E-state index contributed by atoms with van der Waals surface area (Å²) in [7, 11) is 0. The molecule has 2 aliphatic heterocycles. The van der Waals surface area contributed by atoms with E-state index in [9.17, 15) is 9.59 Å². The highest BCUT2D eigenvalue weighted by Gasteiger charge is 2.43. The first-order valence-corrected chi connectivity index (χ1v) is 11.3. The molecule has 4 heterocycles. The average Bonchev–Trinajstić information content (AvgIpc) is 3.42. The van der Waals surface area contributed by atoms with E-state index in [4.69, 9.17) is 9.40 Å². The first-order valence-electron chi connectivity index (χ1n) is 11.3. The van der Waals surface area contributed by atoms with Crippen LogP contribution in [0.3, 0.4) is 0 Å². The Morgan fingerprint density at radius 1 is 1.12 bits per heavy atom. The van der Waals surface area contributed by atoms with Gasteiger partial charge in [0.15, 0.2) is 0 Å². The largest absolute Gasteiger partial charge is 0.469 e. The highest BCUT2D eigenvalue weighted by Crippen LogP contribution is 2.36. The summed E-state index contributed by atoms with van der Waals surface area (Å²) >= 11 is 0. The number of amides is 2. The highest BCUT2D eigenvalue weighted by atomic mass is 16.3. The van der Waals surface area contributed by atoms with Gasteiger partial charge in [-0.3, -0.25) is 9.59 Å². The van der Waals surface area contributed by atoms with Gasteiger partial charge in [-0.1, -0.05) is 30.3 Å². The van der Waals surface area contributed by atoms with E-state index in [1.807, 2.05) is 56.0 Å². The minimum Gasteiger partial charge on any atom is -0.469 e. The van der Waals surface area contributed by atoms with Gasteiger partial charge in [-0.15, -0.1) is 0 Å². The smallest absolute Gasteiger partial charge is 0.271 e. The highest BCUT2D eigenvalue weighted by molar-refractivity contribution is 5.96. The van der Waals surface area contributed by atoms with Crippen LogP contribution in [0, 0.1) is 6.92 Å². The minimum atomic E-state index is -0.160. The molecular formula is C25H28N4O3. The van der Waals surface area contributed by atoms with E-state index in [0.29, 0.717) is 30.0 Å². The first kappa shape index (κ1) is 20.5. The number of imidazole rings is 1. The van der Waals surface area contributed by atoms with E-state index < -0.39 is 0 Å². The molecule has 0 saturated carbocycles. The summed E-state index contributed by atoms with van der Waals surface area (Å²) in [6.45, 7) is 6.34. The van der Waals surface area contributed by atoms with E-state index in [-0.39, 0.29) is 29.9 Å². The van der Waals surface area contributed by atoms with Crippen molar-refractivity contribution in [1.82, 2.24) is 19.8 Å². The first-order chi connectivity index (χ1) is 15.4. The number of furan rings is 1. The van der Waals surface area contributed by atoms with Crippen molar-refractivity contribution < 1.29 is 14.0 Å². The summed E-state index contributed by atoms with van der Waals surface area (Å²) < 4.78 is 7.56. The fraction of sp³-hybridized carbons (Fsp3) is 0.400. The van der Waals surface area contributed by atoms with Crippen LogP contribution < -0.4 is 5.32 Å². The molecule has 166 valence electrons. The molecule has 2 aromatic heterocycles. The lowest BCUT2D eigenvalue weighted by atomic mass is 10.0. The molecule has 2 amide bonds.